The van der Waals surface area contributed by atoms with E-state index in [0.29, 0.717) is 6.04 Å². The second-order valence-corrected chi connectivity index (χ2v) is 6.38. The Balaban J connectivity index is 1.95. The largest absolute Gasteiger partial charge is 0.385 e. The van der Waals surface area contributed by atoms with Crippen LogP contribution in [0.25, 0.3) is 0 Å². The maximum absolute atomic E-state index is 10.6. The lowest BCUT2D eigenvalue weighted by molar-refractivity contribution is 0.0475. The zero-order chi connectivity index (χ0) is 13.9. The summed E-state index contributed by atoms with van der Waals surface area (Å²) in [7, 11) is 0. The number of aliphatic hydroxyl groups is 1. The average molecular weight is 261 g/mol. The van der Waals surface area contributed by atoms with Gasteiger partial charge in [-0.1, -0.05) is 44.5 Å². The minimum Gasteiger partial charge on any atom is -0.385 e. The Kier molecular flexibility index (Phi) is 4.64. The lowest BCUT2D eigenvalue weighted by Gasteiger charge is -2.28. The van der Waals surface area contributed by atoms with Crippen LogP contribution in [0.5, 0.6) is 0 Å². The van der Waals surface area contributed by atoms with Crippen molar-refractivity contribution in [2.45, 2.75) is 64.0 Å². The first-order valence-corrected chi connectivity index (χ1v) is 7.55. The first kappa shape index (κ1) is 14.5. The molecular weight excluding hydrogens is 234 g/mol. The van der Waals surface area contributed by atoms with Crippen LogP contribution in [0.2, 0.25) is 0 Å². The molecule has 2 N–H and O–H groups in total. The van der Waals surface area contributed by atoms with E-state index in [2.05, 4.69) is 43.4 Å². The highest BCUT2D eigenvalue weighted by Gasteiger charge is 2.24. The average Bonchev–Trinajstić information content (AvgIpc) is 2.26. The summed E-state index contributed by atoms with van der Waals surface area (Å²) in [5, 5.41) is 13.9. The summed E-state index contributed by atoms with van der Waals surface area (Å²) in [5.74, 6) is 0.765. The van der Waals surface area contributed by atoms with Crippen molar-refractivity contribution < 1.29 is 5.11 Å². The minimum absolute atomic E-state index is 0.469. The molecule has 0 aromatic heterocycles. The molecule has 1 fully saturated rings. The van der Waals surface area contributed by atoms with Crippen LogP contribution in [0.4, 0.5) is 0 Å². The van der Waals surface area contributed by atoms with E-state index in [1.807, 2.05) is 6.92 Å². The van der Waals surface area contributed by atoms with Gasteiger partial charge in [-0.15, -0.1) is 0 Å². The topological polar surface area (TPSA) is 32.3 Å². The molecule has 0 radical (unpaired) electrons. The Morgan fingerprint density at radius 1 is 1.26 bits per heavy atom. The lowest BCUT2D eigenvalue weighted by Crippen LogP contribution is -2.31. The molecule has 0 bridgehead atoms. The standard InChI is InChI=1S/C17H27NO/c1-13(2)18-12-11-17(3,19)16-9-7-15(8-10-16)14-5-4-6-14/h7-10,13-14,18-19H,4-6,11-12H2,1-3H3. The summed E-state index contributed by atoms with van der Waals surface area (Å²) in [4.78, 5) is 0. The van der Waals surface area contributed by atoms with Gasteiger partial charge in [-0.3, -0.25) is 0 Å². The molecule has 0 heterocycles. The van der Waals surface area contributed by atoms with Crippen LogP contribution in [0.3, 0.4) is 0 Å². The molecule has 106 valence electrons. The zero-order valence-corrected chi connectivity index (χ0v) is 12.4. The van der Waals surface area contributed by atoms with Gasteiger partial charge in [0.1, 0.15) is 0 Å². The zero-order valence-electron chi connectivity index (χ0n) is 12.4. The van der Waals surface area contributed by atoms with E-state index >= 15 is 0 Å². The SMILES string of the molecule is CC(C)NCCC(C)(O)c1ccc(C2CCC2)cc1. The summed E-state index contributed by atoms with van der Waals surface area (Å²) < 4.78 is 0. The Morgan fingerprint density at radius 3 is 2.37 bits per heavy atom. The van der Waals surface area contributed by atoms with Gasteiger partial charge in [-0.2, -0.15) is 0 Å². The van der Waals surface area contributed by atoms with E-state index in [-0.39, 0.29) is 0 Å². The molecule has 0 amide bonds. The van der Waals surface area contributed by atoms with E-state index in [1.54, 1.807) is 0 Å². The van der Waals surface area contributed by atoms with E-state index in [1.165, 1.54) is 24.8 Å². The minimum atomic E-state index is -0.736. The van der Waals surface area contributed by atoms with Crippen molar-refractivity contribution in [1.82, 2.24) is 5.32 Å². The molecule has 19 heavy (non-hydrogen) atoms. The fourth-order valence-electron chi connectivity index (χ4n) is 2.60. The van der Waals surface area contributed by atoms with Crippen LogP contribution in [0.15, 0.2) is 24.3 Å². The molecule has 1 aliphatic rings. The Bertz CT molecular complexity index is 390. The van der Waals surface area contributed by atoms with Crippen LogP contribution < -0.4 is 5.32 Å². The highest BCUT2D eigenvalue weighted by Crippen LogP contribution is 2.37. The fourth-order valence-corrected chi connectivity index (χ4v) is 2.60. The van der Waals surface area contributed by atoms with Crippen LogP contribution in [0.1, 0.15) is 63.5 Å². The molecule has 0 spiro atoms. The summed E-state index contributed by atoms with van der Waals surface area (Å²) >= 11 is 0. The Morgan fingerprint density at radius 2 is 1.89 bits per heavy atom. The van der Waals surface area contributed by atoms with Crippen molar-refractivity contribution in [2.24, 2.45) is 0 Å². The lowest BCUT2D eigenvalue weighted by atomic mass is 9.79. The molecular formula is C17H27NO. The van der Waals surface area contributed by atoms with Gasteiger partial charge in [0.05, 0.1) is 5.60 Å². The van der Waals surface area contributed by atoms with E-state index < -0.39 is 5.60 Å². The molecule has 1 unspecified atom stereocenters. The predicted octanol–water partition coefficient (Wildman–Crippen LogP) is 3.55. The molecule has 0 aliphatic heterocycles. The van der Waals surface area contributed by atoms with E-state index in [0.717, 1.165) is 24.4 Å². The Labute approximate surface area is 117 Å². The molecule has 2 nitrogen and oxygen atoms in total. The highest BCUT2D eigenvalue weighted by atomic mass is 16.3. The fraction of sp³-hybridized carbons (Fsp3) is 0.647. The monoisotopic (exact) mass is 261 g/mol. The van der Waals surface area contributed by atoms with Crippen LogP contribution in [-0.4, -0.2) is 17.7 Å². The third-order valence-corrected chi connectivity index (χ3v) is 4.27. The van der Waals surface area contributed by atoms with Crippen LogP contribution >= 0.6 is 0 Å². The van der Waals surface area contributed by atoms with Crippen molar-refractivity contribution in [3.63, 3.8) is 0 Å². The molecule has 1 saturated carbocycles. The smallest absolute Gasteiger partial charge is 0.0880 e. The molecule has 1 aromatic rings. The van der Waals surface area contributed by atoms with Gasteiger partial charge in [-0.25, -0.2) is 0 Å². The van der Waals surface area contributed by atoms with Gasteiger partial charge < -0.3 is 10.4 Å². The maximum Gasteiger partial charge on any atom is 0.0880 e. The van der Waals surface area contributed by atoms with Gasteiger partial charge >= 0.3 is 0 Å². The third kappa shape index (κ3) is 3.80. The van der Waals surface area contributed by atoms with Gasteiger partial charge in [-0.05, 0) is 49.8 Å². The summed E-state index contributed by atoms with van der Waals surface area (Å²) in [6, 6.07) is 9.07. The third-order valence-electron chi connectivity index (χ3n) is 4.27. The van der Waals surface area contributed by atoms with Crippen molar-refractivity contribution in [3.05, 3.63) is 35.4 Å². The molecule has 1 aliphatic carbocycles. The van der Waals surface area contributed by atoms with Crippen molar-refractivity contribution in [1.29, 1.82) is 0 Å². The van der Waals surface area contributed by atoms with Crippen molar-refractivity contribution >= 4 is 0 Å². The van der Waals surface area contributed by atoms with Crippen LogP contribution in [0, 0.1) is 0 Å². The van der Waals surface area contributed by atoms with E-state index in [4.69, 9.17) is 0 Å². The molecule has 1 aromatic carbocycles. The normalized spacial score (nSPS) is 19.2. The number of hydrogen-bond acceptors (Lipinski definition) is 2. The van der Waals surface area contributed by atoms with Gasteiger partial charge in [0.2, 0.25) is 0 Å². The maximum atomic E-state index is 10.6. The highest BCUT2D eigenvalue weighted by molar-refractivity contribution is 5.29. The first-order chi connectivity index (χ1) is 8.99. The number of rotatable bonds is 6. The van der Waals surface area contributed by atoms with E-state index in [9.17, 15) is 5.11 Å². The van der Waals surface area contributed by atoms with Crippen molar-refractivity contribution in [3.8, 4) is 0 Å². The second kappa shape index (κ2) is 6.06. The molecule has 2 heteroatoms. The van der Waals surface area contributed by atoms with Gasteiger partial charge in [0.25, 0.3) is 0 Å². The second-order valence-electron chi connectivity index (χ2n) is 6.38. The number of hydrogen-bond donors (Lipinski definition) is 2. The Hall–Kier alpha value is -0.860. The van der Waals surface area contributed by atoms with Crippen molar-refractivity contribution in [2.75, 3.05) is 6.54 Å². The molecule has 2 rings (SSSR count). The summed E-state index contributed by atoms with van der Waals surface area (Å²) in [6.07, 6.45) is 4.76. The molecule has 0 saturated heterocycles. The van der Waals surface area contributed by atoms with Gasteiger partial charge in [0.15, 0.2) is 0 Å². The molecule has 1 atom stereocenters. The quantitative estimate of drug-likeness (QED) is 0.821. The summed E-state index contributed by atoms with van der Waals surface area (Å²) in [6.45, 7) is 7.01. The van der Waals surface area contributed by atoms with Gasteiger partial charge in [0, 0.05) is 6.04 Å². The number of benzene rings is 1. The summed E-state index contributed by atoms with van der Waals surface area (Å²) in [5.41, 5.74) is 1.73. The van der Waals surface area contributed by atoms with Crippen LogP contribution in [-0.2, 0) is 5.60 Å². The predicted molar refractivity (Wildman–Crippen MR) is 80.4 cm³/mol. The number of nitrogens with one attached hydrogen (secondary N) is 1. The first-order valence-electron chi connectivity index (χ1n) is 7.55.